The molecule has 0 fully saturated rings. The van der Waals surface area contributed by atoms with Gasteiger partial charge in [-0.15, -0.1) is 0 Å². The van der Waals surface area contributed by atoms with Gasteiger partial charge in [0.2, 0.25) is 0 Å². The molecule has 0 saturated carbocycles. The fraction of sp³-hybridized carbons (Fsp3) is 0.333. The summed E-state index contributed by atoms with van der Waals surface area (Å²) in [6.07, 6.45) is 0. The average molecular weight is 251 g/mol. The first-order chi connectivity index (χ1) is 8.65. The van der Waals surface area contributed by atoms with Crippen LogP contribution in [-0.2, 0) is 4.74 Å². The van der Waals surface area contributed by atoms with Gasteiger partial charge in [0.25, 0.3) is 0 Å². The average Bonchev–Trinajstić information content (AvgIpc) is 2.70. The van der Waals surface area contributed by atoms with Crippen molar-refractivity contribution < 1.29 is 18.7 Å². The number of esters is 1. The van der Waals surface area contributed by atoms with Crippen LogP contribution in [0.25, 0.3) is 11.1 Å². The van der Waals surface area contributed by atoms with Crippen molar-refractivity contribution in [3.05, 3.63) is 28.2 Å². The number of oxazole rings is 1. The van der Waals surface area contributed by atoms with Gasteiger partial charge in [0, 0.05) is 0 Å². The Bertz CT molecular complexity index is 625. The van der Waals surface area contributed by atoms with E-state index in [2.05, 4.69) is 4.98 Å². The minimum Gasteiger partial charge on any atom is -0.492 e. The predicted octanol–water partition coefficient (Wildman–Crippen LogP) is 1.70. The lowest BCUT2D eigenvalue weighted by molar-refractivity contribution is 0.0526. The molecule has 2 aromatic rings. The highest BCUT2D eigenvalue weighted by Crippen LogP contribution is 2.25. The molecule has 6 nitrogen and oxygen atoms in total. The second-order valence-electron chi connectivity index (χ2n) is 3.52. The molecule has 1 N–H and O–H groups in total. The number of rotatable bonds is 4. The number of carbonyl (C=O) groups is 1. The Hall–Kier alpha value is -2.24. The quantitative estimate of drug-likeness (QED) is 0.836. The van der Waals surface area contributed by atoms with Crippen LogP contribution in [0.15, 0.2) is 21.3 Å². The van der Waals surface area contributed by atoms with Crippen LogP contribution in [0.2, 0.25) is 0 Å². The van der Waals surface area contributed by atoms with Gasteiger partial charge in [-0.1, -0.05) is 0 Å². The number of nitrogens with one attached hydrogen (secondary N) is 1. The molecule has 0 aliphatic rings. The Morgan fingerprint density at radius 2 is 2.11 bits per heavy atom. The zero-order chi connectivity index (χ0) is 13.1. The Morgan fingerprint density at radius 3 is 2.78 bits per heavy atom. The fourth-order valence-electron chi connectivity index (χ4n) is 1.62. The van der Waals surface area contributed by atoms with Gasteiger partial charge >= 0.3 is 11.7 Å². The Morgan fingerprint density at radius 1 is 1.33 bits per heavy atom. The van der Waals surface area contributed by atoms with Crippen LogP contribution in [0, 0.1) is 0 Å². The largest absolute Gasteiger partial charge is 0.492 e. The SMILES string of the molecule is CCOC(=O)c1cc(OCC)c2[nH]c(=O)oc2c1. The number of fused-ring (bicyclic) bond motifs is 1. The summed E-state index contributed by atoms with van der Waals surface area (Å²) >= 11 is 0. The van der Waals surface area contributed by atoms with Gasteiger partial charge in [0.15, 0.2) is 5.58 Å². The summed E-state index contributed by atoms with van der Waals surface area (Å²) < 4.78 is 15.2. The summed E-state index contributed by atoms with van der Waals surface area (Å²) in [5, 5.41) is 0. The number of aromatic amines is 1. The molecule has 6 heteroatoms. The van der Waals surface area contributed by atoms with Crippen molar-refractivity contribution in [1.29, 1.82) is 0 Å². The van der Waals surface area contributed by atoms with Crippen LogP contribution in [0.4, 0.5) is 0 Å². The van der Waals surface area contributed by atoms with Crippen LogP contribution < -0.4 is 10.5 Å². The first-order valence-electron chi connectivity index (χ1n) is 5.62. The second-order valence-corrected chi connectivity index (χ2v) is 3.52. The molecule has 1 aromatic carbocycles. The number of H-pyrrole nitrogens is 1. The summed E-state index contributed by atoms with van der Waals surface area (Å²) in [5.41, 5.74) is 0.999. The summed E-state index contributed by atoms with van der Waals surface area (Å²) in [6, 6.07) is 2.98. The molecule has 0 bridgehead atoms. The number of benzene rings is 1. The van der Waals surface area contributed by atoms with Crippen molar-refractivity contribution >= 4 is 17.1 Å². The Kier molecular flexibility index (Phi) is 3.36. The van der Waals surface area contributed by atoms with Gasteiger partial charge in [-0.05, 0) is 26.0 Å². The predicted molar refractivity (Wildman–Crippen MR) is 64.0 cm³/mol. The standard InChI is InChI=1S/C12H13NO5/c1-3-16-8-5-7(11(14)17-4-2)6-9-10(8)13-12(15)18-9/h5-6H,3-4H2,1-2H3,(H,13,15). The van der Waals surface area contributed by atoms with Crippen LogP contribution in [0.1, 0.15) is 24.2 Å². The molecule has 0 saturated heterocycles. The Balaban J connectivity index is 2.56. The van der Waals surface area contributed by atoms with Crippen molar-refractivity contribution in [2.24, 2.45) is 0 Å². The normalized spacial score (nSPS) is 10.6. The lowest BCUT2D eigenvalue weighted by Crippen LogP contribution is -2.05. The first-order valence-corrected chi connectivity index (χ1v) is 5.62. The van der Waals surface area contributed by atoms with Crippen LogP contribution in [-0.4, -0.2) is 24.2 Å². The highest BCUT2D eigenvalue weighted by atomic mass is 16.5. The lowest BCUT2D eigenvalue weighted by Gasteiger charge is -2.06. The van der Waals surface area contributed by atoms with Gasteiger partial charge in [-0.2, -0.15) is 0 Å². The summed E-state index contributed by atoms with van der Waals surface area (Å²) in [5.74, 6) is -0.680. The van der Waals surface area contributed by atoms with Crippen molar-refractivity contribution in [2.75, 3.05) is 13.2 Å². The summed E-state index contributed by atoms with van der Waals surface area (Å²) in [6.45, 7) is 4.21. The lowest BCUT2D eigenvalue weighted by atomic mass is 10.2. The third kappa shape index (κ3) is 2.22. The van der Waals surface area contributed by atoms with Crippen molar-refractivity contribution in [1.82, 2.24) is 4.98 Å². The topological polar surface area (TPSA) is 81.5 Å². The molecule has 1 aromatic heterocycles. The molecule has 96 valence electrons. The van der Waals surface area contributed by atoms with Crippen molar-refractivity contribution in [2.45, 2.75) is 13.8 Å². The van der Waals surface area contributed by atoms with E-state index in [1.165, 1.54) is 12.1 Å². The third-order valence-corrected chi connectivity index (χ3v) is 2.31. The van der Waals surface area contributed by atoms with E-state index < -0.39 is 11.7 Å². The molecule has 0 spiro atoms. The highest BCUT2D eigenvalue weighted by molar-refractivity contribution is 5.95. The summed E-state index contributed by atoms with van der Waals surface area (Å²) in [4.78, 5) is 25.3. The van der Waals surface area contributed by atoms with E-state index in [0.717, 1.165) is 0 Å². The number of ether oxygens (including phenoxy) is 2. The number of hydrogen-bond donors (Lipinski definition) is 1. The number of carbonyl (C=O) groups excluding carboxylic acids is 1. The van der Waals surface area contributed by atoms with Gasteiger partial charge in [0.1, 0.15) is 11.3 Å². The van der Waals surface area contributed by atoms with Crippen LogP contribution >= 0.6 is 0 Å². The maximum atomic E-state index is 11.6. The molecular formula is C12H13NO5. The van der Waals surface area contributed by atoms with Gasteiger partial charge in [-0.25, -0.2) is 9.59 Å². The minimum atomic E-state index is -0.591. The number of aromatic nitrogens is 1. The van der Waals surface area contributed by atoms with Crippen molar-refractivity contribution in [3.63, 3.8) is 0 Å². The zero-order valence-corrected chi connectivity index (χ0v) is 10.1. The van der Waals surface area contributed by atoms with E-state index >= 15 is 0 Å². The molecule has 0 unspecified atom stereocenters. The van der Waals surface area contributed by atoms with Gasteiger partial charge in [0.05, 0.1) is 18.8 Å². The first kappa shape index (κ1) is 12.2. The van der Waals surface area contributed by atoms with Gasteiger partial charge < -0.3 is 13.9 Å². The third-order valence-electron chi connectivity index (χ3n) is 2.31. The highest BCUT2D eigenvalue weighted by Gasteiger charge is 2.15. The maximum absolute atomic E-state index is 11.6. The number of hydrogen-bond acceptors (Lipinski definition) is 5. The molecular weight excluding hydrogens is 238 g/mol. The Labute approximate surface area is 103 Å². The van der Waals surface area contributed by atoms with E-state index in [0.29, 0.717) is 17.9 Å². The zero-order valence-electron chi connectivity index (χ0n) is 10.1. The van der Waals surface area contributed by atoms with Gasteiger partial charge in [-0.3, -0.25) is 4.98 Å². The van der Waals surface area contributed by atoms with E-state index in [4.69, 9.17) is 13.9 Å². The fourth-order valence-corrected chi connectivity index (χ4v) is 1.62. The molecule has 0 amide bonds. The molecule has 1 heterocycles. The van der Waals surface area contributed by atoms with Crippen LogP contribution in [0.5, 0.6) is 5.75 Å². The van der Waals surface area contributed by atoms with E-state index in [-0.39, 0.29) is 17.8 Å². The second kappa shape index (κ2) is 4.95. The van der Waals surface area contributed by atoms with E-state index in [1.54, 1.807) is 13.8 Å². The molecule has 0 radical (unpaired) electrons. The monoisotopic (exact) mass is 251 g/mol. The molecule has 0 aliphatic carbocycles. The van der Waals surface area contributed by atoms with E-state index in [1.807, 2.05) is 0 Å². The smallest absolute Gasteiger partial charge is 0.417 e. The molecule has 18 heavy (non-hydrogen) atoms. The van der Waals surface area contributed by atoms with Crippen molar-refractivity contribution in [3.8, 4) is 5.75 Å². The molecule has 0 atom stereocenters. The van der Waals surface area contributed by atoms with E-state index in [9.17, 15) is 9.59 Å². The molecule has 2 rings (SSSR count). The maximum Gasteiger partial charge on any atom is 0.417 e. The summed E-state index contributed by atoms with van der Waals surface area (Å²) in [7, 11) is 0. The molecule has 0 aliphatic heterocycles. The van der Waals surface area contributed by atoms with Crippen LogP contribution in [0.3, 0.4) is 0 Å². The minimum absolute atomic E-state index is 0.272.